The van der Waals surface area contributed by atoms with Gasteiger partial charge in [0.25, 0.3) is 0 Å². The second kappa shape index (κ2) is 6.60. The molecule has 0 amide bonds. The van der Waals surface area contributed by atoms with Gasteiger partial charge in [0, 0.05) is 16.7 Å². The topological polar surface area (TPSA) is 12.0 Å². The third kappa shape index (κ3) is 3.61. The Morgan fingerprint density at radius 2 is 1.72 bits per heavy atom. The molecule has 2 aromatic rings. The van der Waals surface area contributed by atoms with Crippen molar-refractivity contribution in [3.05, 3.63) is 64.1 Å². The molecule has 0 bridgehead atoms. The molecule has 1 N–H and O–H groups in total. The highest BCUT2D eigenvalue weighted by molar-refractivity contribution is 9.10. The van der Waals surface area contributed by atoms with Gasteiger partial charge in [-0.2, -0.15) is 0 Å². The zero-order valence-corrected chi connectivity index (χ0v) is 12.2. The first kappa shape index (κ1) is 13.2. The number of anilines is 1. The third-order valence-electron chi connectivity index (χ3n) is 2.93. The predicted octanol–water partition coefficient (Wildman–Crippen LogP) is 5.01. The first-order valence-corrected chi connectivity index (χ1v) is 7.15. The van der Waals surface area contributed by atoms with E-state index in [1.54, 1.807) is 0 Å². The molecule has 0 radical (unpaired) electrons. The molecular formula is C16H18BrN. The predicted molar refractivity (Wildman–Crippen MR) is 81.9 cm³/mol. The number of hydrogen-bond donors (Lipinski definition) is 1. The minimum absolute atomic E-state index is 0.869. The van der Waals surface area contributed by atoms with Crippen molar-refractivity contribution >= 4 is 21.6 Å². The molecule has 2 heteroatoms. The van der Waals surface area contributed by atoms with E-state index in [1.165, 1.54) is 23.2 Å². The van der Waals surface area contributed by atoms with Crippen molar-refractivity contribution < 1.29 is 0 Å². The fraction of sp³-hybridized carbons (Fsp3) is 0.250. The SMILES string of the molecule is CCCc1ccccc1NCc1ccc(Br)cc1. The van der Waals surface area contributed by atoms with Crippen LogP contribution in [0.15, 0.2) is 53.0 Å². The maximum atomic E-state index is 3.52. The van der Waals surface area contributed by atoms with Gasteiger partial charge in [0.1, 0.15) is 0 Å². The van der Waals surface area contributed by atoms with E-state index >= 15 is 0 Å². The molecule has 2 rings (SSSR count). The summed E-state index contributed by atoms with van der Waals surface area (Å²) < 4.78 is 1.12. The van der Waals surface area contributed by atoms with Crippen LogP contribution in [-0.4, -0.2) is 0 Å². The molecule has 0 aliphatic rings. The van der Waals surface area contributed by atoms with E-state index in [4.69, 9.17) is 0 Å². The van der Waals surface area contributed by atoms with Gasteiger partial charge in [-0.3, -0.25) is 0 Å². The normalized spacial score (nSPS) is 10.3. The number of rotatable bonds is 5. The van der Waals surface area contributed by atoms with Gasteiger partial charge in [0.2, 0.25) is 0 Å². The number of aryl methyl sites for hydroxylation is 1. The molecule has 94 valence electrons. The molecule has 0 aliphatic heterocycles. The van der Waals surface area contributed by atoms with Gasteiger partial charge in [-0.25, -0.2) is 0 Å². The minimum Gasteiger partial charge on any atom is -0.381 e. The summed E-state index contributed by atoms with van der Waals surface area (Å²) in [5, 5.41) is 3.52. The van der Waals surface area contributed by atoms with Gasteiger partial charge in [-0.15, -0.1) is 0 Å². The van der Waals surface area contributed by atoms with Crippen LogP contribution in [0.25, 0.3) is 0 Å². The lowest BCUT2D eigenvalue weighted by Crippen LogP contribution is -2.02. The molecule has 0 aromatic heterocycles. The zero-order chi connectivity index (χ0) is 12.8. The lowest BCUT2D eigenvalue weighted by Gasteiger charge is -2.11. The van der Waals surface area contributed by atoms with E-state index in [-0.39, 0.29) is 0 Å². The lowest BCUT2D eigenvalue weighted by atomic mass is 10.1. The first-order chi connectivity index (χ1) is 8.79. The van der Waals surface area contributed by atoms with Crippen molar-refractivity contribution in [3.63, 3.8) is 0 Å². The maximum Gasteiger partial charge on any atom is 0.0400 e. The van der Waals surface area contributed by atoms with Crippen molar-refractivity contribution in [1.82, 2.24) is 0 Å². The fourth-order valence-corrected chi connectivity index (χ4v) is 2.24. The Labute approximate surface area is 117 Å². The molecule has 1 nitrogen and oxygen atoms in total. The zero-order valence-electron chi connectivity index (χ0n) is 10.6. The molecule has 0 unspecified atom stereocenters. The fourth-order valence-electron chi connectivity index (χ4n) is 1.98. The maximum absolute atomic E-state index is 3.52. The van der Waals surface area contributed by atoms with Crippen molar-refractivity contribution in [1.29, 1.82) is 0 Å². The second-order valence-corrected chi connectivity index (χ2v) is 5.30. The van der Waals surface area contributed by atoms with Crippen LogP contribution < -0.4 is 5.32 Å². The van der Waals surface area contributed by atoms with Crippen LogP contribution in [0.3, 0.4) is 0 Å². The molecule has 0 fully saturated rings. The Morgan fingerprint density at radius 3 is 2.44 bits per heavy atom. The summed E-state index contributed by atoms with van der Waals surface area (Å²) in [6.07, 6.45) is 2.31. The van der Waals surface area contributed by atoms with E-state index in [9.17, 15) is 0 Å². The summed E-state index contributed by atoms with van der Waals surface area (Å²) in [7, 11) is 0. The van der Waals surface area contributed by atoms with Crippen molar-refractivity contribution in [2.75, 3.05) is 5.32 Å². The molecule has 0 saturated heterocycles. The summed E-state index contributed by atoms with van der Waals surface area (Å²) in [6, 6.07) is 17.0. The van der Waals surface area contributed by atoms with Crippen LogP contribution >= 0.6 is 15.9 Å². The number of nitrogens with one attached hydrogen (secondary N) is 1. The Balaban J connectivity index is 2.03. The number of benzene rings is 2. The highest BCUT2D eigenvalue weighted by atomic mass is 79.9. The molecular weight excluding hydrogens is 286 g/mol. The van der Waals surface area contributed by atoms with E-state index in [0.29, 0.717) is 0 Å². The molecule has 0 heterocycles. The first-order valence-electron chi connectivity index (χ1n) is 6.36. The van der Waals surface area contributed by atoms with Gasteiger partial charge in [0.05, 0.1) is 0 Å². The van der Waals surface area contributed by atoms with Crippen molar-refractivity contribution in [2.45, 2.75) is 26.3 Å². The number of hydrogen-bond acceptors (Lipinski definition) is 1. The van der Waals surface area contributed by atoms with E-state index in [2.05, 4.69) is 76.7 Å². The average Bonchev–Trinajstić information content (AvgIpc) is 2.40. The molecule has 0 spiro atoms. The van der Waals surface area contributed by atoms with Gasteiger partial charge >= 0.3 is 0 Å². The lowest BCUT2D eigenvalue weighted by molar-refractivity contribution is 0.919. The molecule has 18 heavy (non-hydrogen) atoms. The Morgan fingerprint density at radius 1 is 1.00 bits per heavy atom. The van der Waals surface area contributed by atoms with Crippen molar-refractivity contribution in [3.8, 4) is 0 Å². The van der Waals surface area contributed by atoms with Crippen LogP contribution in [-0.2, 0) is 13.0 Å². The van der Waals surface area contributed by atoms with Gasteiger partial charge in [0.15, 0.2) is 0 Å². The smallest absolute Gasteiger partial charge is 0.0400 e. The van der Waals surface area contributed by atoms with Crippen LogP contribution in [0.4, 0.5) is 5.69 Å². The molecule has 0 saturated carbocycles. The van der Waals surface area contributed by atoms with Crippen LogP contribution in [0, 0.1) is 0 Å². The molecule has 0 atom stereocenters. The highest BCUT2D eigenvalue weighted by Gasteiger charge is 2.00. The summed E-state index contributed by atoms with van der Waals surface area (Å²) in [5.41, 5.74) is 3.95. The summed E-state index contributed by atoms with van der Waals surface area (Å²) in [4.78, 5) is 0. The van der Waals surface area contributed by atoms with Crippen LogP contribution in [0.2, 0.25) is 0 Å². The number of para-hydroxylation sites is 1. The second-order valence-electron chi connectivity index (χ2n) is 4.39. The van der Waals surface area contributed by atoms with Gasteiger partial charge in [-0.05, 0) is 35.7 Å². The summed E-state index contributed by atoms with van der Waals surface area (Å²) >= 11 is 3.45. The Hall–Kier alpha value is -1.28. The minimum atomic E-state index is 0.869. The van der Waals surface area contributed by atoms with Crippen LogP contribution in [0.1, 0.15) is 24.5 Å². The Kier molecular flexibility index (Phi) is 4.82. The Bertz CT molecular complexity index is 491. The van der Waals surface area contributed by atoms with E-state index in [0.717, 1.165) is 17.4 Å². The molecule has 0 aliphatic carbocycles. The van der Waals surface area contributed by atoms with Gasteiger partial charge in [-0.1, -0.05) is 59.6 Å². The monoisotopic (exact) mass is 303 g/mol. The quantitative estimate of drug-likeness (QED) is 0.818. The standard InChI is InChI=1S/C16H18BrN/c1-2-5-14-6-3-4-7-16(14)18-12-13-8-10-15(17)11-9-13/h3-4,6-11,18H,2,5,12H2,1H3. The van der Waals surface area contributed by atoms with E-state index < -0.39 is 0 Å². The largest absolute Gasteiger partial charge is 0.381 e. The van der Waals surface area contributed by atoms with Crippen LogP contribution in [0.5, 0.6) is 0 Å². The third-order valence-corrected chi connectivity index (χ3v) is 3.46. The van der Waals surface area contributed by atoms with Crippen molar-refractivity contribution in [2.24, 2.45) is 0 Å². The number of halogens is 1. The van der Waals surface area contributed by atoms with E-state index in [1.807, 2.05) is 0 Å². The average molecular weight is 304 g/mol. The molecule has 2 aromatic carbocycles. The highest BCUT2D eigenvalue weighted by Crippen LogP contribution is 2.18. The van der Waals surface area contributed by atoms with Gasteiger partial charge < -0.3 is 5.32 Å². The summed E-state index contributed by atoms with van der Waals surface area (Å²) in [5.74, 6) is 0. The summed E-state index contributed by atoms with van der Waals surface area (Å²) in [6.45, 7) is 3.08.